The van der Waals surface area contributed by atoms with Crippen LogP contribution in [0.2, 0.25) is 0 Å². The highest BCUT2D eigenvalue weighted by molar-refractivity contribution is 9.09. The van der Waals surface area contributed by atoms with Gasteiger partial charge in [0.05, 0.1) is 0 Å². The molecular weight excluding hydrogens is 386 g/mol. The van der Waals surface area contributed by atoms with Crippen LogP contribution in [0.25, 0.3) is 0 Å². The second-order valence-electron chi connectivity index (χ2n) is 7.84. The molecule has 25 heavy (non-hydrogen) atoms. The van der Waals surface area contributed by atoms with Gasteiger partial charge in [-0.15, -0.1) is 0 Å². The molecule has 7 nitrogen and oxygen atoms in total. The average Bonchev–Trinajstić information content (AvgIpc) is 2.53. The van der Waals surface area contributed by atoms with Gasteiger partial charge in [-0.3, -0.25) is 0 Å². The molecule has 1 aromatic rings. The number of hydrogen-bond acceptors (Lipinski definition) is 6. The summed E-state index contributed by atoms with van der Waals surface area (Å²) in [4.78, 5) is 24.9. The summed E-state index contributed by atoms with van der Waals surface area (Å²) in [5.41, 5.74) is -0.569. The number of alkyl halides is 1. The van der Waals surface area contributed by atoms with Crippen molar-refractivity contribution in [1.29, 1.82) is 0 Å². The van der Waals surface area contributed by atoms with Gasteiger partial charge in [0.2, 0.25) is 5.95 Å². The molecular formula is C17H28BrN5O2. The van der Waals surface area contributed by atoms with E-state index in [1.807, 2.05) is 26.8 Å². The summed E-state index contributed by atoms with van der Waals surface area (Å²) in [7, 11) is 0. The Kier molecular flexibility index (Phi) is 6.13. The smallest absolute Gasteiger partial charge is 0.410 e. The van der Waals surface area contributed by atoms with Gasteiger partial charge in [0.1, 0.15) is 11.4 Å². The van der Waals surface area contributed by atoms with Crippen LogP contribution in [0, 0.1) is 0 Å². The molecule has 1 aromatic heterocycles. The maximum Gasteiger partial charge on any atom is 0.410 e. The summed E-state index contributed by atoms with van der Waals surface area (Å²) in [5, 5.41) is 4.20. The number of nitrogens with zero attached hydrogens (tertiary/aromatic N) is 4. The summed E-state index contributed by atoms with van der Waals surface area (Å²) in [6.07, 6.45) is 1.50. The number of halogens is 1. The van der Waals surface area contributed by atoms with Crippen molar-refractivity contribution in [3.8, 4) is 0 Å². The summed E-state index contributed by atoms with van der Waals surface area (Å²) >= 11 is 3.50. The molecule has 0 spiro atoms. The van der Waals surface area contributed by atoms with Gasteiger partial charge in [0, 0.05) is 43.2 Å². The van der Waals surface area contributed by atoms with Gasteiger partial charge in [-0.2, -0.15) is 4.98 Å². The van der Waals surface area contributed by atoms with Gasteiger partial charge in [0.25, 0.3) is 0 Å². The standard InChI is InChI=1S/C17H28BrN5O2/c1-16(2,3)25-15(24)23-10-8-22(9-11-23)14-19-7-6-13(20-14)21-17(4,5)12-18/h6-7H,8-12H2,1-5H3,(H,19,20,21). The Morgan fingerprint density at radius 1 is 1.24 bits per heavy atom. The summed E-state index contributed by atoms with van der Waals surface area (Å²) in [5.74, 6) is 1.48. The van der Waals surface area contributed by atoms with Crippen LogP contribution in [-0.2, 0) is 4.74 Å². The fourth-order valence-electron chi connectivity index (χ4n) is 2.37. The minimum absolute atomic E-state index is 0.0962. The van der Waals surface area contributed by atoms with E-state index in [4.69, 9.17) is 4.74 Å². The Morgan fingerprint density at radius 3 is 2.44 bits per heavy atom. The molecule has 0 aromatic carbocycles. The van der Waals surface area contributed by atoms with Gasteiger partial charge >= 0.3 is 6.09 Å². The zero-order valence-corrected chi connectivity index (χ0v) is 17.3. The Labute approximate surface area is 158 Å². The third-order valence-corrected chi connectivity index (χ3v) is 5.06. The number of amides is 1. The normalized spacial score (nSPS) is 15.9. The highest BCUT2D eigenvalue weighted by Gasteiger charge is 2.27. The van der Waals surface area contributed by atoms with E-state index in [-0.39, 0.29) is 11.6 Å². The first-order chi connectivity index (χ1) is 11.6. The number of rotatable bonds is 4. The molecule has 1 aliphatic rings. The van der Waals surface area contributed by atoms with Crippen molar-refractivity contribution < 1.29 is 9.53 Å². The zero-order valence-electron chi connectivity index (χ0n) is 15.7. The van der Waals surface area contributed by atoms with Crippen molar-refractivity contribution in [3.05, 3.63) is 12.3 Å². The van der Waals surface area contributed by atoms with Crippen molar-refractivity contribution in [2.45, 2.75) is 45.8 Å². The lowest BCUT2D eigenvalue weighted by atomic mass is 10.1. The number of nitrogens with one attached hydrogen (secondary N) is 1. The minimum Gasteiger partial charge on any atom is -0.444 e. The molecule has 1 fully saturated rings. The first-order valence-electron chi connectivity index (χ1n) is 8.50. The molecule has 0 atom stereocenters. The van der Waals surface area contributed by atoms with Crippen molar-refractivity contribution in [2.75, 3.05) is 41.7 Å². The number of carbonyl (C=O) groups excluding carboxylic acids is 1. The fourth-order valence-corrected chi connectivity index (χ4v) is 2.51. The molecule has 1 saturated heterocycles. The molecule has 0 radical (unpaired) electrons. The quantitative estimate of drug-likeness (QED) is 0.764. The predicted molar refractivity (Wildman–Crippen MR) is 104 cm³/mol. The second-order valence-corrected chi connectivity index (χ2v) is 8.40. The molecule has 0 aliphatic carbocycles. The molecule has 1 aliphatic heterocycles. The van der Waals surface area contributed by atoms with E-state index in [9.17, 15) is 4.79 Å². The number of carbonyl (C=O) groups is 1. The SMILES string of the molecule is CC(C)(CBr)Nc1ccnc(N2CCN(C(=O)OC(C)(C)C)CC2)n1. The fraction of sp³-hybridized carbons (Fsp3) is 0.706. The summed E-state index contributed by atoms with van der Waals surface area (Å²) in [6, 6.07) is 1.87. The minimum atomic E-state index is -0.473. The summed E-state index contributed by atoms with van der Waals surface area (Å²) < 4.78 is 5.43. The van der Waals surface area contributed by atoms with E-state index in [1.54, 1.807) is 11.1 Å². The van der Waals surface area contributed by atoms with Crippen LogP contribution in [0.15, 0.2) is 12.3 Å². The van der Waals surface area contributed by atoms with Gasteiger partial charge < -0.3 is 19.9 Å². The first kappa shape index (κ1) is 19.8. The van der Waals surface area contributed by atoms with E-state index in [2.05, 4.69) is 50.0 Å². The van der Waals surface area contributed by atoms with E-state index in [1.165, 1.54) is 0 Å². The summed E-state index contributed by atoms with van der Waals surface area (Å²) in [6.45, 7) is 12.4. The van der Waals surface area contributed by atoms with Crippen LogP contribution in [0.1, 0.15) is 34.6 Å². The van der Waals surface area contributed by atoms with Crippen molar-refractivity contribution in [3.63, 3.8) is 0 Å². The van der Waals surface area contributed by atoms with Gasteiger partial charge in [0.15, 0.2) is 0 Å². The third kappa shape index (κ3) is 6.02. The Balaban J connectivity index is 1.96. The number of ether oxygens (including phenoxy) is 1. The molecule has 0 saturated carbocycles. The second kappa shape index (κ2) is 7.76. The zero-order chi connectivity index (χ0) is 18.7. The Hall–Kier alpha value is -1.57. The van der Waals surface area contributed by atoms with Crippen LogP contribution in [0.4, 0.5) is 16.6 Å². The van der Waals surface area contributed by atoms with Crippen LogP contribution >= 0.6 is 15.9 Å². The number of aromatic nitrogens is 2. The van der Waals surface area contributed by atoms with Crippen molar-refractivity contribution >= 4 is 33.8 Å². The highest BCUT2D eigenvalue weighted by Crippen LogP contribution is 2.19. The van der Waals surface area contributed by atoms with Crippen molar-refractivity contribution in [2.24, 2.45) is 0 Å². The number of piperazine rings is 1. The molecule has 0 unspecified atom stereocenters. The highest BCUT2D eigenvalue weighted by atomic mass is 79.9. The van der Waals surface area contributed by atoms with Gasteiger partial charge in [-0.1, -0.05) is 15.9 Å². The largest absolute Gasteiger partial charge is 0.444 e. The molecule has 1 amide bonds. The Morgan fingerprint density at radius 2 is 1.88 bits per heavy atom. The lowest BCUT2D eigenvalue weighted by Crippen LogP contribution is -2.50. The van der Waals surface area contributed by atoms with E-state index < -0.39 is 5.60 Å². The lowest BCUT2D eigenvalue weighted by molar-refractivity contribution is 0.0240. The predicted octanol–water partition coefficient (Wildman–Crippen LogP) is 3.12. The van der Waals surface area contributed by atoms with E-state index in [0.29, 0.717) is 32.1 Å². The average molecular weight is 414 g/mol. The molecule has 8 heteroatoms. The maximum absolute atomic E-state index is 12.1. The van der Waals surface area contributed by atoms with E-state index in [0.717, 1.165) is 11.1 Å². The Bertz CT molecular complexity index is 595. The maximum atomic E-state index is 12.1. The molecule has 1 N–H and O–H groups in total. The van der Waals surface area contributed by atoms with Crippen LogP contribution in [-0.4, -0.2) is 63.6 Å². The lowest BCUT2D eigenvalue weighted by Gasteiger charge is -2.35. The molecule has 2 heterocycles. The monoisotopic (exact) mass is 413 g/mol. The third-order valence-electron chi connectivity index (χ3n) is 3.66. The van der Waals surface area contributed by atoms with Gasteiger partial charge in [-0.25, -0.2) is 9.78 Å². The number of hydrogen-bond donors (Lipinski definition) is 1. The molecule has 2 rings (SSSR count). The topological polar surface area (TPSA) is 70.6 Å². The van der Waals surface area contributed by atoms with Crippen LogP contribution in [0.5, 0.6) is 0 Å². The van der Waals surface area contributed by atoms with Crippen LogP contribution < -0.4 is 10.2 Å². The van der Waals surface area contributed by atoms with Crippen molar-refractivity contribution in [1.82, 2.24) is 14.9 Å². The number of anilines is 2. The molecule has 140 valence electrons. The van der Waals surface area contributed by atoms with Crippen LogP contribution in [0.3, 0.4) is 0 Å². The van der Waals surface area contributed by atoms with Gasteiger partial charge in [-0.05, 0) is 40.7 Å². The first-order valence-corrected chi connectivity index (χ1v) is 9.62. The van der Waals surface area contributed by atoms with E-state index >= 15 is 0 Å². The molecule has 0 bridgehead atoms.